The summed E-state index contributed by atoms with van der Waals surface area (Å²) in [5.74, 6) is -0.719. The normalized spacial score (nSPS) is 20.8. The van der Waals surface area contributed by atoms with Gasteiger partial charge in [0.25, 0.3) is 11.8 Å². The van der Waals surface area contributed by atoms with Gasteiger partial charge in [-0.2, -0.15) is 11.8 Å². The lowest BCUT2D eigenvalue weighted by molar-refractivity contribution is -0.175. The van der Waals surface area contributed by atoms with Crippen LogP contribution in [0.1, 0.15) is 16.1 Å². The van der Waals surface area contributed by atoms with Gasteiger partial charge in [-0.25, -0.2) is 5.06 Å². The molecular weight excluding hydrogens is 378 g/mol. The highest BCUT2D eigenvalue weighted by molar-refractivity contribution is 7.99. The number of rotatable bonds is 8. The predicted octanol–water partition coefficient (Wildman–Crippen LogP) is -0.946. The Labute approximate surface area is 159 Å². The van der Waals surface area contributed by atoms with Crippen LogP contribution in [-0.4, -0.2) is 75.6 Å². The SMILES string of the molecule is NCCSC[C@H](N)C(=O)N(O)[C@H]1C[C@@H](C(N)=O)N(C(=O)c2cccs2)C1. The molecule has 1 aromatic heterocycles. The number of hydrogen-bond acceptors (Lipinski definition) is 8. The fraction of sp³-hybridized carbons (Fsp3) is 0.533. The zero-order valence-corrected chi connectivity index (χ0v) is 15.7. The first-order chi connectivity index (χ1) is 12.4. The number of nitrogens with zero attached hydrogens (tertiary/aromatic N) is 2. The molecule has 0 bridgehead atoms. The molecular formula is C15H23N5O4S2. The van der Waals surface area contributed by atoms with Crippen molar-refractivity contribution in [1.82, 2.24) is 9.96 Å². The number of likely N-dealkylation sites (tertiary alicyclic amines) is 1. The molecule has 3 atom stereocenters. The Morgan fingerprint density at radius 1 is 1.46 bits per heavy atom. The van der Waals surface area contributed by atoms with E-state index in [1.807, 2.05) is 0 Å². The third kappa shape index (κ3) is 4.74. The first kappa shape index (κ1) is 20.6. The number of primary amides is 1. The zero-order chi connectivity index (χ0) is 19.3. The molecule has 144 valence electrons. The van der Waals surface area contributed by atoms with Gasteiger partial charge in [-0.3, -0.25) is 19.6 Å². The van der Waals surface area contributed by atoms with Crippen molar-refractivity contribution in [1.29, 1.82) is 0 Å². The van der Waals surface area contributed by atoms with E-state index in [4.69, 9.17) is 17.2 Å². The molecule has 0 saturated carbocycles. The van der Waals surface area contributed by atoms with E-state index in [0.29, 0.717) is 28.0 Å². The van der Waals surface area contributed by atoms with Gasteiger partial charge in [0.15, 0.2) is 0 Å². The summed E-state index contributed by atoms with van der Waals surface area (Å²) in [7, 11) is 0. The minimum atomic E-state index is -0.898. The van der Waals surface area contributed by atoms with E-state index in [-0.39, 0.29) is 18.9 Å². The van der Waals surface area contributed by atoms with Gasteiger partial charge in [0, 0.05) is 31.0 Å². The minimum Gasteiger partial charge on any atom is -0.368 e. The summed E-state index contributed by atoms with van der Waals surface area (Å²) in [6.45, 7) is 0.479. The van der Waals surface area contributed by atoms with Crippen LogP contribution in [0.5, 0.6) is 0 Å². The molecule has 0 aromatic carbocycles. The average Bonchev–Trinajstić information content (AvgIpc) is 3.29. The number of nitrogens with two attached hydrogens (primary N) is 3. The molecule has 1 aliphatic heterocycles. The van der Waals surface area contributed by atoms with Crippen molar-refractivity contribution in [3.63, 3.8) is 0 Å². The maximum atomic E-state index is 12.6. The lowest BCUT2D eigenvalue weighted by Crippen LogP contribution is -2.49. The quantitative estimate of drug-likeness (QED) is 0.249. The zero-order valence-electron chi connectivity index (χ0n) is 14.1. The van der Waals surface area contributed by atoms with Crippen LogP contribution in [-0.2, 0) is 9.59 Å². The summed E-state index contributed by atoms with van der Waals surface area (Å²) in [6, 6.07) is 0.843. The largest absolute Gasteiger partial charge is 0.368 e. The second-order valence-corrected chi connectivity index (χ2v) is 7.99. The van der Waals surface area contributed by atoms with Gasteiger partial charge in [-0.15, -0.1) is 11.3 Å². The fourth-order valence-electron chi connectivity index (χ4n) is 2.74. The van der Waals surface area contributed by atoms with Crippen LogP contribution in [0.4, 0.5) is 0 Å². The Morgan fingerprint density at radius 3 is 2.77 bits per heavy atom. The molecule has 11 heteroatoms. The molecule has 0 unspecified atom stereocenters. The van der Waals surface area contributed by atoms with Crippen molar-refractivity contribution in [3.05, 3.63) is 22.4 Å². The number of carbonyl (C=O) groups is 3. The fourth-order valence-corrected chi connectivity index (χ4v) is 4.15. The lowest BCUT2D eigenvalue weighted by Gasteiger charge is -2.25. The van der Waals surface area contributed by atoms with Crippen LogP contribution >= 0.6 is 23.1 Å². The Balaban J connectivity index is 2.05. The first-order valence-electron chi connectivity index (χ1n) is 8.06. The number of thioether (sulfide) groups is 1. The molecule has 7 N–H and O–H groups in total. The Morgan fingerprint density at radius 2 is 2.19 bits per heavy atom. The Kier molecular flexibility index (Phi) is 7.41. The maximum absolute atomic E-state index is 12.6. The lowest BCUT2D eigenvalue weighted by atomic mass is 10.1. The van der Waals surface area contributed by atoms with Crippen LogP contribution in [0.3, 0.4) is 0 Å². The summed E-state index contributed by atoms with van der Waals surface area (Å²) in [4.78, 5) is 38.4. The summed E-state index contributed by atoms with van der Waals surface area (Å²) in [5, 5.41) is 12.5. The number of hydrogen-bond donors (Lipinski definition) is 4. The Bertz CT molecular complexity index is 642. The highest BCUT2D eigenvalue weighted by atomic mass is 32.2. The number of amides is 3. The van der Waals surface area contributed by atoms with Gasteiger partial charge in [0.2, 0.25) is 5.91 Å². The van der Waals surface area contributed by atoms with Gasteiger partial charge in [-0.1, -0.05) is 6.07 Å². The second kappa shape index (κ2) is 9.33. The molecule has 0 radical (unpaired) electrons. The molecule has 1 aliphatic rings. The van der Waals surface area contributed by atoms with Gasteiger partial charge >= 0.3 is 0 Å². The van der Waals surface area contributed by atoms with Gasteiger partial charge in [0.05, 0.1) is 17.0 Å². The monoisotopic (exact) mass is 401 g/mol. The van der Waals surface area contributed by atoms with E-state index >= 15 is 0 Å². The van der Waals surface area contributed by atoms with Gasteiger partial charge < -0.3 is 22.1 Å². The van der Waals surface area contributed by atoms with E-state index in [1.165, 1.54) is 28.0 Å². The molecule has 26 heavy (non-hydrogen) atoms. The third-order valence-electron chi connectivity index (χ3n) is 4.05. The first-order valence-corrected chi connectivity index (χ1v) is 10.1. The number of thiophene rings is 1. The molecule has 0 spiro atoms. The van der Waals surface area contributed by atoms with Crippen molar-refractivity contribution >= 4 is 40.8 Å². The van der Waals surface area contributed by atoms with E-state index in [2.05, 4.69) is 0 Å². The number of hydroxylamine groups is 2. The van der Waals surface area contributed by atoms with Crippen molar-refractivity contribution < 1.29 is 19.6 Å². The van der Waals surface area contributed by atoms with Crippen LogP contribution < -0.4 is 17.2 Å². The minimum absolute atomic E-state index is 0.00917. The predicted molar refractivity (Wildman–Crippen MR) is 99.7 cm³/mol. The van der Waals surface area contributed by atoms with Crippen LogP contribution in [0.2, 0.25) is 0 Å². The third-order valence-corrected chi connectivity index (χ3v) is 6.03. The molecule has 9 nitrogen and oxygen atoms in total. The Hall–Kier alpha value is -1.66. The van der Waals surface area contributed by atoms with E-state index < -0.39 is 29.9 Å². The standard InChI is InChI=1S/C15H23N5O4S2/c16-3-5-25-8-10(17)14(22)20(24)9-6-11(13(18)21)19(7-9)15(23)12-2-1-4-26-12/h1-2,4,9-11,24H,3,5-8,16-17H2,(H2,18,21)/t9-,10-,11-/m0/s1. The smallest absolute Gasteiger partial charge is 0.264 e. The van der Waals surface area contributed by atoms with Crippen LogP contribution in [0.15, 0.2) is 17.5 Å². The van der Waals surface area contributed by atoms with Gasteiger partial charge in [0.1, 0.15) is 6.04 Å². The average molecular weight is 402 g/mol. The van der Waals surface area contributed by atoms with Crippen molar-refractivity contribution in [2.24, 2.45) is 17.2 Å². The molecule has 2 rings (SSSR count). The van der Waals surface area contributed by atoms with Crippen molar-refractivity contribution in [3.8, 4) is 0 Å². The molecule has 2 heterocycles. The number of carbonyl (C=O) groups excluding carboxylic acids is 3. The molecule has 0 aliphatic carbocycles. The summed E-state index contributed by atoms with van der Waals surface area (Å²) in [6.07, 6.45) is 0.0668. The summed E-state index contributed by atoms with van der Waals surface area (Å²) < 4.78 is 0. The van der Waals surface area contributed by atoms with Crippen LogP contribution in [0, 0.1) is 0 Å². The van der Waals surface area contributed by atoms with Crippen LogP contribution in [0.25, 0.3) is 0 Å². The van der Waals surface area contributed by atoms with E-state index in [1.54, 1.807) is 17.5 Å². The second-order valence-electron chi connectivity index (χ2n) is 5.90. The van der Waals surface area contributed by atoms with E-state index in [0.717, 1.165) is 0 Å². The molecule has 1 fully saturated rings. The van der Waals surface area contributed by atoms with Crippen molar-refractivity contribution in [2.75, 3.05) is 24.6 Å². The van der Waals surface area contributed by atoms with Crippen molar-refractivity contribution in [2.45, 2.75) is 24.5 Å². The molecule has 1 aromatic rings. The molecule has 1 saturated heterocycles. The molecule has 3 amide bonds. The maximum Gasteiger partial charge on any atom is 0.264 e. The summed E-state index contributed by atoms with van der Waals surface area (Å²) in [5.41, 5.74) is 16.6. The van der Waals surface area contributed by atoms with Gasteiger partial charge in [-0.05, 0) is 11.4 Å². The summed E-state index contributed by atoms with van der Waals surface area (Å²) >= 11 is 2.66. The highest BCUT2D eigenvalue weighted by Gasteiger charge is 2.43. The highest BCUT2D eigenvalue weighted by Crippen LogP contribution is 2.25. The van der Waals surface area contributed by atoms with E-state index in [9.17, 15) is 19.6 Å². The topological polar surface area (TPSA) is 156 Å².